The number of halogens is 1. The molecule has 4 aliphatic carbocycles. The van der Waals surface area contributed by atoms with Crippen molar-refractivity contribution >= 4 is 12.0 Å². The van der Waals surface area contributed by atoms with E-state index in [0.717, 1.165) is 56.3 Å². The number of nitrogens with two attached hydrogens (primary N) is 1. The first-order chi connectivity index (χ1) is 11.9. The van der Waals surface area contributed by atoms with Crippen LogP contribution in [0.4, 0.5) is 9.18 Å². The number of urea groups is 1. The zero-order valence-corrected chi connectivity index (χ0v) is 15.0. The van der Waals surface area contributed by atoms with Gasteiger partial charge in [0.05, 0.1) is 0 Å². The average molecular weight is 354 g/mol. The molecule has 4 rings (SSSR count). The number of nitrogens with zero attached hydrogens (tertiary/aromatic N) is 1. The lowest BCUT2D eigenvalue weighted by atomic mass is 9.52. The van der Waals surface area contributed by atoms with Crippen molar-refractivity contribution in [1.82, 2.24) is 4.90 Å². The Balaban J connectivity index is 1.46. The van der Waals surface area contributed by atoms with Gasteiger partial charge in [-0.3, -0.25) is 0 Å². The minimum absolute atomic E-state index is 0.00603. The fourth-order valence-corrected chi connectivity index (χ4v) is 6.05. The molecule has 0 aromatic heterocycles. The smallest absolute Gasteiger partial charge is 0.338 e. The van der Waals surface area contributed by atoms with Crippen LogP contribution < -0.4 is 5.73 Å². The lowest BCUT2D eigenvalue weighted by Gasteiger charge is -2.60. The normalized spacial score (nSPS) is 34.0. The molecule has 3 N–H and O–H groups in total. The van der Waals surface area contributed by atoms with Crippen LogP contribution in [0.5, 0.6) is 0 Å². The number of alkyl halides is 1. The Bertz CT molecular complexity index is 476. The van der Waals surface area contributed by atoms with E-state index in [-0.39, 0.29) is 18.0 Å². The molecule has 2 amide bonds. The van der Waals surface area contributed by atoms with Crippen molar-refractivity contribution in [1.29, 1.82) is 0 Å². The molecule has 4 bridgehead atoms. The van der Waals surface area contributed by atoms with Crippen LogP contribution in [0.3, 0.4) is 0 Å². The average Bonchev–Trinajstić information content (AvgIpc) is 2.51. The quantitative estimate of drug-likeness (QED) is 0.619. The van der Waals surface area contributed by atoms with E-state index in [4.69, 9.17) is 10.8 Å². The summed E-state index contributed by atoms with van der Waals surface area (Å²) in [5.41, 5.74) is 5.74. The number of rotatable bonds is 9. The number of amides is 2. The highest BCUT2D eigenvalue weighted by Crippen LogP contribution is 2.57. The summed E-state index contributed by atoms with van der Waals surface area (Å²) in [5, 5.41) is 8.54. The molecular weight excluding hydrogens is 323 g/mol. The van der Waals surface area contributed by atoms with Gasteiger partial charge in [-0.25, -0.2) is 14.0 Å². The van der Waals surface area contributed by atoms with Gasteiger partial charge in [-0.05, 0) is 75.5 Å². The van der Waals surface area contributed by atoms with Gasteiger partial charge in [-0.15, -0.1) is 0 Å². The second-order valence-corrected chi connectivity index (χ2v) is 8.64. The van der Waals surface area contributed by atoms with E-state index in [1.54, 1.807) is 0 Å². The Morgan fingerprint density at radius 3 is 2.04 bits per heavy atom. The van der Waals surface area contributed by atoms with Crippen LogP contribution in [-0.2, 0) is 4.79 Å². The topological polar surface area (TPSA) is 83.6 Å². The van der Waals surface area contributed by atoms with Gasteiger partial charge < -0.3 is 15.7 Å². The van der Waals surface area contributed by atoms with Gasteiger partial charge in [0.15, 0.2) is 6.17 Å². The maximum Gasteiger partial charge on any atom is 0.338 e. The molecule has 4 saturated carbocycles. The number of carboxylic acid groups (broad SMARTS) is 1. The predicted octanol–water partition coefficient (Wildman–Crippen LogP) is 3.71. The maximum atomic E-state index is 13.0. The molecule has 0 heterocycles. The highest BCUT2D eigenvalue weighted by atomic mass is 19.1. The number of aliphatic carboxylic acids is 1. The summed E-state index contributed by atoms with van der Waals surface area (Å²) >= 11 is 0. The molecule has 142 valence electrons. The van der Waals surface area contributed by atoms with Crippen LogP contribution in [0.25, 0.3) is 0 Å². The summed E-state index contributed by atoms with van der Waals surface area (Å²) in [6, 6.07) is -0.295. The molecule has 0 saturated heterocycles. The number of carbonyl (C=O) groups excluding carboxylic acids is 1. The zero-order valence-electron chi connectivity index (χ0n) is 15.0. The molecule has 0 aromatic carbocycles. The summed E-state index contributed by atoms with van der Waals surface area (Å²) < 4.78 is 13.0. The first-order valence-corrected chi connectivity index (χ1v) is 9.83. The van der Waals surface area contributed by atoms with Crippen molar-refractivity contribution in [3.8, 4) is 0 Å². The summed E-state index contributed by atoms with van der Waals surface area (Å²) in [6.07, 6.45) is 8.76. The van der Waals surface area contributed by atoms with Crippen LogP contribution >= 0.6 is 0 Å². The summed E-state index contributed by atoms with van der Waals surface area (Å²) in [6.45, 7) is 0.680. The van der Waals surface area contributed by atoms with Crippen LogP contribution in [0.1, 0.15) is 70.6 Å². The number of hydrogen-bond donors (Lipinski definition) is 2. The first kappa shape index (κ1) is 18.5. The van der Waals surface area contributed by atoms with E-state index in [9.17, 15) is 14.0 Å². The van der Waals surface area contributed by atoms with Gasteiger partial charge in [-0.2, -0.15) is 0 Å². The number of carboxylic acids is 1. The number of hydrogen-bond acceptors (Lipinski definition) is 2. The lowest BCUT2D eigenvalue weighted by Crippen LogP contribution is -2.62. The number of unbranched alkanes of at least 4 members (excludes halogenated alkanes) is 3. The molecule has 0 radical (unpaired) electrons. The molecule has 4 fully saturated rings. The van der Waals surface area contributed by atoms with Gasteiger partial charge in [0.1, 0.15) is 0 Å². The molecule has 0 aliphatic heterocycles. The molecule has 6 heteroatoms. The van der Waals surface area contributed by atoms with E-state index in [1.165, 1.54) is 19.3 Å². The number of carbonyl (C=O) groups is 2. The van der Waals surface area contributed by atoms with Gasteiger partial charge in [0.2, 0.25) is 0 Å². The van der Waals surface area contributed by atoms with Crippen molar-refractivity contribution in [2.45, 2.75) is 82.3 Å². The van der Waals surface area contributed by atoms with Crippen molar-refractivity contribution in [2.24, 2.45) is 23.5 Å². The van der Waals surface area contributed by atoms with E-state index >= 15 is 0 Å². The summed E-state index contributed by atoms with van der Waals surface area (Å²) in [4.78, 5) is 24.5. The summed E-state index contributed by atoms with van der Waals surface area (Å²) in [5.74, 6) is 0.934. The second kappa shape index (κ2) is 7.50. The van der Waals surface area contributed by atoms with E-state index in [2.05, 4.69) is 0 Å². The van der Waals surface area contributed by atoms with E-state index in [0.29, 0.717) is 13.0 Å². The monoisotopic (exact) mass is 354 g/mol. The first-order valence-electron chi connectivity index (χ1n) is 9.83. The van der Waals surface area contributed by atoms with Gasteiger partial charge in [0.25, 0.3) is 0 Å². The van der Waals surface area contributed by atoms with Crippen LogP contribution in [0.2, 0.25) is 0 Å². The van der Waals surface area contributed by atoms with Gasteiger partial charge >= 0.3 is 12.0 Å². The molecule has 1 atom stereocenters. The lowest BCUT2D eigenvalue weighted by molar-refractivity contribution is -0.143. The fourth-order valence-electron chi connectivity index (χ4n) is 6.05. The molecule has 0 spiro atoms. The Morgan fingerprint density at radius 2 is 1.56 bits per heavy atom. The van der Waals surface area contributed by atoms with Crippen LogP contribution in [0.15, 0.2) is 0 Å². The van der Waals surface area contributed by atoms with E-state index in [1.807, 2.05) is 4.90 Å². The minimum atomic E-state index is -1.76. The zero-order chi connectivity index (χ0) is 18.0. The Labute approximate surface area is 149 Å². The maximum absolute atomic E-state index is 13.0. The van der Waals surface area contributed by atoms with Crippen LogP contribution in [-0.4, -0.2) is 40.3 Å². The molecule has 1 unspecified atom stereocenters. The van der Waals surface area contributed by atoms with Gasteiger partial charge in [-0.1, -0.05) is 12.8 Å². The van der Waals surface area contributed by atoms with Crippen molar-refractivity contribution in [2.75, 3.05) is 6.54 Å². The molecule has 25 heavy (non-hydrogen) atoms. The highest BCUT2D eigenvalue weighted by molar-refractivity contribution is 5.73. The molecular formula is C19H31FN2O3. The predicted molar refractivity (Wildman–Crippen MR) is 92.8 cm³/mol. The van der Waals surface area contributed by atoms with Crippen molar-refractivity contribution < 1.29 is 19.1 Å². The largest absolute Gasteiger partial charge is 0.479 e. The van der Waals surface area contributed by atoms with Gasteiger partial charge in [0, 0.05) is 12.1 Å². The highest BCUT2D eigenvalue weighted by Gasteiger charge is 2.54. The molecule has 5 nitrogen and oxygen atoms in total. The molecule has 0 aromatic rings. The molecule has 4 aliphatic rings. The number of primary amides is 1. The Hall–Kier alpha value is -1.33. The summed E-state index contributed by atoms with van der Waals surface area (Å²) in [7, 11) is 0. The third-order valence-electron chi connectivity index (χ3n) is 6.70. The standard InChI is InChI=1S/C19H31FN2O3/c20-16(17(23)24)5-3-1-2-4-6-22(18(21)25)19-10-13-7-14(11-19)9-15(8-13)12-19/h13-16H,1-12H2,(H2,21,25)(H,23,24). The second-order valence-electron chi connectivity index (χ2n) is 8.64. The van der Waals surface area contributed by atoms with Crippen LogP contribution in [0, 0.1) is 17.8 Å². The van der Waals surface area contributed by atoms with Crippen molar-refractivity contribution in [3.05, 3.63) is 0 Å². The SMILES string of the molecule is NC(=O)N(CCCCCCC(F)C(=O)O)C12CC3CC(CC(C3)C1)C2. The Morgan fingerprint density at radius 1 is 1.04 bits per heavy atom. The third kappa shape index (κ3) is 4.09. The fraction of sp³-hybridized carbons (Fsp3) is 0.895. The third-order valence-corrected chi connectivity index (χ3v) is 6.70. The van der Waals surface area contributed by atoms with Crippen molar-refractivity contribution in [3.63, 3.8) is 0 Å². The Kier molecular flexibility index (Phi) is 5.54. The van der Waals surface area contributed by atoms with E-state index < -0.39 is 12.1 Å². The minimum Gasteiger partial charge on any atom is -0.479 e.